The third-order valence-corrected chi connectivity index (χ3v) is 8.14. The second kappa shape index (κ2) is 13.5. The highest BCUT2D eigenvalue weighted by atomic mass is 32.1. The molecule has 1 fully saturated rings. The zero-order valence-electron chi connectivity index (χ0n) is 25.3. The van der Waals surface area contributed by atoms with Gasteiger partial charge >= 0.3 is 5.97 Å². The van der Waals surface area contributed by atoms with Gasteiger partial charge in [0.2, 0.25) is 0 Å². The molecule has 4 aromatic rings. The van der Waals surface area contributed by atoms with Crippen molar-refractivity contribution in [3.8, 4) is 22.1 Å². The first-order chi connectivity index (χ1) is 21.1. The predicted molar refractivity (Wildman–Crippen MR) is 169 cm³/mol. The summed E-state index contributed by atoms with van der Waals surface area (Å²) >= 11 is 1.36. The number of piperidine rings is 1. The lowest BCUT2D eigenvalue weighted by molar-refractivity contribution is -0.155. The van der Waals surface area contributed by atoms with E-state index in [1.165, 1.54) is 23.5 Å². The quantitative estimate of drug-likeness (QED) is 0.193. The van der Waals surface area contributed by atoms with Crippen molar-refractivity contribution in [3.63, 3.8) is 0 Å². The fourth-order valence-corrected chi connectivity index (χ4v) is 6.05. The Morgan fingerprint density at radius 1 is 1.11 bits per heavy atom. The number of benzene rings is 2. The van der Waals surface area contributed by atoms with E-state index in [9.17, 15) is 14.0 Å². The van der Waals surface area contributed by atoms with E-state index in [0.717, 1.165) is 36.2 Å². The summed E-state index contributed by atoms with van der Waals surface area (Å²) in [5.41, 5.74) is 2.87. The topological polar surface area (TPSA) is 107 Å². The average molecular weight is 618 g/mol. The van der Waals surface area contributed by atoms with Gasteiger partial charge in [0.05, 0.1) is 23.8 Å². The van der Waals surface area contributed by atoms with Crippen LogP contribution in [0, 0.1) is 18.7 Å². The van der Waals surface area contributed by atoms with Crippen molar-refractivity contribution in [1.82, 2.24) is 15.2 Å². The molecule has 2 aromatic carbocycles. The van der Waals surface area contributed by atoms with Crippen LogP contribution < -0.4 is 15.0 Å². The summed E-state index contributed by atoms with van der Waals surface area (Å²) in [6.07, 6.45) is 6.19. The second-order valence-electron chi connectivity index (χ2n) is 11.8. The molecule has 1 N–H and O–H groups in total. The highest BCUT2D eigenvalue weighted by Gasteiger charge is 2.27. The zero-order valence-corrected chi connectivity index (χ0v) is 26.1. The predicted octanol–water partition coefficient (Wildman–Crippen LogP) is 7.43. The Morgan fingerprint density at radius 3 is 2.64 bits per heavy atom. The molecule has 44 heavy (non-hydrogen) atoms. The van der Waals surface area contributed by atoms with Gasteiger partial charge in [-0.25, -0.2) is 9.37 Å². The average Bonchev–Trinajstić information content (AvgIpc) is 3.49. The first kappa shape index (κ1) is 31.1. The van der Waals surface area contributed by atoms with Gasteiger partial charge in [-0.1, -0.05) is 0 Å². The maximum Gasteiger partial charge on any atom is 0.306 e. The van der Waals surface area contributed by atoms with Crippen LogP contribution in [0.4, 0.5) is 15.8 Å². The Morgan fingerprint density at radius 2 is 1.91 bits per heavy atom. The van der Waals surface area contributed by atoms with Gasteiger partial charge in [-0.15, -0.1) is 11.3 Å². The third-order valence-electron chi connectivity index (χ3n) is 7.25. The van der Waals surface area contributed by atoms with Crippen LogP contribution >= 0.6 is 11.3 Å². The van der Waals surface area contributed by atoms with E-state index >= 15 is 0 Å². The minimum absolute atomic E-state index is 0.196. The molecule has 11 heteroatoms. The van der Waals surface area contributed by atoms with E-state index in [1.54, 1.807) is 42.0 Å². The van der Waals surface area contributed by atoms with Gasteiger partial charge in [0.25, 0.3) is 5.91 Å². The smallest absolute Gasteiger partial charge is 0.306 e. The standard InChI is InChI=1S/C33H36FN5O4S/c1-21-28(42-25-10-8-24(34)9-11-25)13-12-26(37-31(41)27-20-44-32(38-27)23-15-16-35-36-18-23)30(21)39-17-5-6-22(19-39)7-14-29(40)43-33(2,3)4/h8-13,15-16,18,20,22H,5-7,14,17,19H2,1-4H3,(H,37,41)/t22-/m0/s1. The number of ether oxygens (including phenoxy) is 2. The van der Waals surface area contributed by atoms with Crippen molar-refractivity contribution in [1.29, 1.82) is 0 Å². The van der Waals surface area contributed by atoms with Crippen LogP contribution in [0.5, 0.6) is 11.5 Å². The number of rotatable bonds is 9. The van der Waals surface area contributed by atoms with Crippen molar-refractivity contribution in [2.24, 2.45) is 5.92 Å². The van der Waals surface area contributed by atoms with Crippen LogP contribution in [0.3, 0.4) is 0 Å². The summed E-state index contributed by atoms with van der Waals surface area (Å²) in [7, 11) is 0. The number of halogens is 1. The number of hydrogen-bond acceptors (Lipinski definition) is 9. The maximum atomic E-state index is 13.5. The SMILES string of the molecule is Cc1c(Oc2ccc(F)cc2)ccc(NC(=O)c2csc(-c3ccnnc3)n2)c1N1CCC[C@@H](CCC(=O)OC(C)(C)C)C1. The fourth-order valence-electron chi connectivity index (χ4n) is 5.26. The molecular weight excluding hydrogens is 581 g/mol. The van der Waals surface area contributed by atoms with Crippen molar-refractivity contribution >= 4 is 34.6 Å². The van der Waals surface area contributed by atoms with Crippen molar-refractivity contribution in [2.45, 2.75) is 59.0 Å². The number of carbonyl (C=O) groups is 2. The molecule has 230 valence electrons. The molecule has 3 heterocycles. The number of hydrogen-bond donors (Lipinski definition) is 1. The molecule has 1 aliphatic rings. The first-order valence-electron chi connectivity index (χ1n) is 14.6. The number of anilines is 2. The van der Waals surface area contributed by atoms with Gasteiger partial charge in [0.15, 0.2) is 0 Å². The number of thiazole rings is 1. The van der Waals surface area contributed by atoms with Crippen LogP contribution in [-0.2, 0) is 9.53 Å². The monoisotopic (exact) mass is 617 g/mol. The number of nitrogens with zero attached hydrogens (tertiary/aromatic N) is 4. The molecular formula is C33H36FN5O4S. The van der Waals surface area contributed by atoms with E-state index in [1.807, 2.05) is 33.8 Å². The first-order valence-corrected chi connectivity index (χ1v) is 15.5. The Bertz CT molecular complexity index is 1600. The summed E-state index contributed by atoms with van der Waals surface area (Å²) < 4.78 is 25.2. The molecule has 1 saturated heterocycles. The molecule has 1 atom stereocenters. The number of carbonyl (C=O) groups excluding carboxylic acids is 2. The molecule has 1 aliphatic heterocycles. The Kier molecular flexibility index (Phi) is 9.53. The van der Waals surface area contributed by atoms with Gasteiger partial charge in [0, 0.05) is 36.0 Å². The zero-order chi connectivity index (χ0) is 31.3. The van der Waals surface area contributed by atoms with Crippen molar-refractivity contribution in [2.75, 3.05) is 23.3 Å². The largest absolute Gasteiger partial charge is 0.460 e. The summed E-state index contributed by atoms with van der Waals surface area (Å²) in [6, 6.07) is 11.3. The number of nitrogens with one attached hydrogen (secondary N) is 1. The van der Waals surface area contributed by atoms with Crippen molar-refractivity contribution in [3.05, 3.63) is 77.3 Å². The molecule has 0 radical (unpaired) electrons. The fraction of sp³-hybridized carbons (Fsp3) is 0.364. The van der Waals surface area contributed by atoms with Gasteiger partial charge in [0.1, 0.15) is 33.6 Å². The molecule has 0 spiro atoms. The molecule has 0 aliphatic carbocycles. The summed E-state index contributed by atoms with van der Waals surface area (Å²) in [5, 5.41) is 13.2. The highest BCUT2D eigenvalue weighted by Crippen LogP contribution is 2.40. The van der Waals surface area contributed by atoms with Crippen LogP contribution in [0.1, 0.15) is 62.5 Å². The molecule has 2 aromatic heterocycles. The lowest BCUT2D eigenvalue weighted by atomic mass is 9.92. The van der Waals surface area contributed by atoms with Gasteiger partial charge < -0.3 is 19.7 Å². The van der Waals surface area contributed by atoms with E-state index in [2.05, 4.69) is 25.4 Å². The minimum Gasteiger partial charge on any atom is -0.460 e. The van der Waals surface area contributed by atoms with E-state index < -0.39 is 5.60 Å². The number of esters is 1. The minimum atomic E-state index is -0.516. The molecule has 5 rings (SSSR count). The lowest BCUT2D eigenvalue weighted by Gasteiger charge is -2.37. The summed E-state index contributed by atoms with van der Waals surface area (Å²) in [4.78, 5) is 32.6. The van der Waals surface area contributed by atoms with E-state index in [-0.39, 0.29) is 23.6 Å². The van der Waals surface area contributed by atoms with Gasteiger partial charge in [-0.2, -0.15) is 10.2 Å². The molecule has 1 amide bonds. The van der Waals surface area contributed by atoms with Crippen molar-refractivity contribution < 1.29 is 23.5 Å². The highest BCUT2D eigenvalue weighted by molar-refractivity contribution is 7.13. The molecule has 0 saturated carbocycles. The van der Waals surface area contributed by atoms with Gasteiger partial charge in [-0.05, 0) is 95.3 Å². The Balaban J connectivity index is 1.39. The summed E-state index contributed by atoms with van der Waals surface area (Å²) in [5.74, 6) is 0.507. The van der Waals surface area contributed by atoms with Crippen LogP contribution in [-0.4, -0.2) is 45.7 Å². The third kappa shape index (κ3) is 7.96. The van der Waals surface area contributed by atoms with Gasteiger partial charge in [-0.3, -0.25) is 9.59 Å². The Labute approximate surface area is 260 Å². The van der Waals surface area contributed by atoms with Crippen LogP contribution in [0.2, 0.25) is 0 Å². The number of amides is 1. The maximum absolute atomic E-state index is 13.5. The molecule has 0 bridgehead atoms. The number of aromatic nitrogens is 3. The second-order valence-corrected chi connectivity index (χ2v) is 12.7. The van der Waals surface area contributed by atoms with E-state index in [0.29, 0.717) is 47.3 Å². The molecule has 9 nitrogen and oxygen atoms in total. The van der Waals surface area contributed by atoms with E-state index in [4.69, 9.17) is 9.47 Å². The Hall–Kier alpha value is -4.38. The summed E-state index contributed by atoms with van der Waals surface area (Å²) in [6.45, 7) is 9.05. The normalized spacial score (nSPS) is 15.1. The van der Waals surface area contributed by atoms with Crippen LogP contribution in [0.15, 0.2) is 60.2 Å². The lowest BCUT2D eigenvalue weighted by Crippen LogP contribution is -2.37. The molecule has 0 unspecified atom stereocenters. The van der Waals surface area contributed by atoms with Crippen LogP contribution in [0.25, 0.3) is 10.6 Å².